The molecule has 0 unspecified atom stereocenters. The van der Waals surface area contributed by atoms with E-state index in [2.05, 4.69) is 10.2 Å². The lowest BCUT2D eigenvalue weighted by molar-refractivity contribution is -0.114. The molecule has 4 aromatic rings. The molecule has 0 aliphatic rings. The molecule has 0 N–H and O–H groups in total. The van der Waals surface area contributed by atoms with Gasteiger partial charge in [0.15, 0.2) is 5.16 Å². The van der Waals surface area contributed by atoms with Crippen LogP contribution in [0.2, 0.25) is 0 Å². The third kappa shape index (κ3) is 3.26. The molecule has 0 aliphatic carbocycles. The lowest BCUT2D eigenvalue weighted by Gasteiger charge is -2.11. The van der Waals surface area contributed by atoms with Gasteiger partial charge in [0.25, 0.3) is 5.56 Å². The average Bonchev–Trinajstić information content (AvgIpc) is 3.09. The number of benzene rings is 2. The quantitative estimate of drug-likeness (QED) is 0.499. The standard InChI is InChI=1S/C20H18N4O2S/c1-13-7-9-15(10-8-13)11-23-18(26)16-5-3-4-6-17(16)24-19(23)21-22-20(24)27-12-14(2)25/h3-10H,11-12H2,1-2H3. The van der Waals surface area contributed by atoms with E-state index in [0.29, 0.717) is 28.6 Å². The van der Waals surface area contributed by atoms with Gasteiger partial charge in [-0.2, -0.15) is 0 Å². The number of thioether (sulfide) groups is 1. The fourth-order valence-corrected chi connectivity index (χ4v) is 3.75. The molecule has 0 fully saturated rings. The molecular weight excluding hydrogens is 360 g/mol. The lowest BCUT2D eigenvalue weighted by Crippen LogP contribution is -2.24. The molecule has 0 saturated heterocycles. The first-order chi connectivity index (χ1) is 13.0. The van der Waals surface area contributed by atoms with Gasteiger partial charge in [0.2, 0.25) is 5.78 Å². The van der Waals surface area contributed by atoms with Crippen molar-refractivity contribution in [3.05, 3.63) is 70.0 Å². The van der Waals surface area contributed by atoms with Gasteiger partial charge >= 0.3 is 0 Å². The molecule has 0 spiro atoms. The maximum Gasteiger partial charge on any atom is 0.263 e. The summed E-state index contributed by atoms with van der Waals surface area (Å²) in [4.78, 5) is 24.5. The van der Waals surface area contributed by atoms with Gasteiger partial charge in [-0.15, -0.1) is 10.2 Å². The van der Waals surface area contributed by atoms with Crippen molar-refractivity contribution in [2.75, 3.05) is 5.75 Å². The van der Waals surface area contributed by atoms with Crippen LogP contribution in [0.1, 0.15) is 18.1 Å². The first kappa shape index (κ1) is 17.5. The predicted molar refractivity (Wildman–Crippen MR) is 106 cm³/mol. The van der Waals surface area contributed by atoms with Gasteiger partial charge in [0.1, 0.15) is 5.78 Å². The summed E-state index contributed by atoms with van der Waals surface area (Å²) in [7, 11) is 0. The van der Waals surface area contributed by atoms with Gasteiger partial charge in [-0.3, -0.25) is 18.6 Å². The second-order valence-electron chi connectivity index (χ2n) is 6.50. The molecule has 0 atom stereocenters. The third-order valence-electron chi connectivity index (χ3n) is 4.34. The van der Waals surface area contributed by atoms with Crippen molar-refractivity contribution in [1.29, 1.82) is 0 Å². The van der Waals surface area contributed by atoms with Crippen LogP contribution in [0, 0.1) is 6.92 Å². The smallest absolute Gasteiger partial charge is 0.263 e. The van der Waals surface area contributed by atoms with Crippen molar-refractivity contribution in [2.45, 2.75) is 25.5 Å². The average molecular weight is 378 g/mol. The van der Waals surface area contributed by atoms with E-state index in [9.17, 15) is 9.59 Å². The molecule has 0 bridgehead atoms. The van der Waals surface area contributed by atoms with E-state index >= 15 is 0 Å². The molecule has 0 aliphatic heterocycles. The van der Waals surface area contributed by atoms with E-state index in [1.165, 1.54) is 17.3 Å². The second-order valence-corrected chi connectivity index (χ2v) is 7.45. The number of nitrogens with zero attached hydrogens (tertiary/aromatic N) is 4. The Balaban J connectivity index is 1.94. The number of ketones is 1. The van der Waals surface area contributed by atoms with E-state index in [1.54, 1.807) is 11.5 Å². The van der Waals surface area contributed by atoms with Crippen LogP contribution < -0.4 is 5.56 Å². The summed E-state index contributed by atoms with van der Waals surface area (Å²) >= 11 is 1.33. The fourth-order valence-electron chi connectivity index (χ4n) is 3.01. The van der Waals surface area contributed by atoms with Crippen molar-refractivity contribution in [3.8, 4) is 0 Å². The molecule has 2 aromatic heterocycles. The monoisotopic (exact) mass is 378 g/mol. The maximum atomic E-state index is 13.1. The van der Waals surface area contributed by atoms with Crippen LogP contribution in [0.25, 0.3) is 16.7 Å². The highest BCUT2D eigenvalue weighted by molar-refractivity contribution is 7.99. The van der Waals surface area contributed by atoms with Gasteiger partial charge in [-0.1, -0.05) is 53.7 Å². The lowest BCUT2D eigenvalue weighted by atomic mass is 10.1. The zero-order valence-corrected chi connectivity index (χ0v) is 15.9. The Morgan fingerprint density at radius 1 is 1.07 bits per heavy atom. The number of carbonyl (C=O) groups is 1. The molecule has 4 rings (SSSR count). The molecule has 6 nitrogen and oxygen atoms in total. The van der Waals surface area contributed by atoms with Gasteiger partial charge in [-0.25, -0.2) is 0 Å². The molecular formula is C20H18N4O2S. The van der Waals surface area contributed by atoms with Crippen LogP contribution in [-0.4, -0.2) is 30.7 Å². The Morgan fingerprint density at radius 3 is 2.56 bits per heavy atom. The Hall–Kier alpha value is -2.93. The zero-order valence-electron chi connectivity index (χ0n) is 15.0. The number of Topliss-reactive ketones (excluding diaryl/α,β-unsaturated/α-hetero) is 1. The van der Waals surface area contributed by atoms with Gasteiger partial charge in [0, 0.05) is 0 Å². The molecule has 136 valence electrons. The van der Waals surface area contributed by atoms with Crippen LogP contribution in [-0.2, 0) is 11.3 Å². The number of carbonyl (C=O) groups excluding carboxylic acids is 1. The molecule has 0 saturated carbocycles. The normalized spacial score (nSPS) is 11.3. The summed E-state index contributed by atoms with van der Waals surface area (Å²) < 4.78 is 3.50. The van der Waals surface area contributed by atoms with Crippen LogP contribution in [0.4, 0.5) is 0 Å². The molecule has 0 radical (unpaired) electrons. The van der Waals surface area contributed by atoms with Crippen molar-refractivity contribution in [2.24, 2.45) is 0 Å². The number of para-hydroxylation sites is 1. The van der Waals surface area contributed by atoms with E-state index in [-0.39, 0.29) is 11.3 Å². The summed E-state index contributed by atoms with van der Waals surface area (Å²) in [5.74, 6) is 0.853. The summed E-state index contributed by atoms with van der Waals surface area (Å²) in [5.41, 5.74) is 2.82. The van der Waals surface area contributed by atoms with E-state index in [4.69, 9.17) is 0 Å². The summed E-state index contributed by atoms with van der Waals surface area (Å²) in [6, 6.07) is 15.5. The minimum absolute atomic E-state index is 0.0639. The minimum atomic E-state index is -0.103. The molecule has 2 heterocycles. The topological polar surface area (TPSA) is 69.3 Å². The highest BCUT2D eigenvalue weighted by Crippen LogP contribution is 2.22. The van der Waals surface area contributed by atoms with Crippen LogP contribution >= 0.6 is 11.8 Å². The molecule has 27 heavy (non-hydrogen) atoms. The first-order valence-electron chi connectivity index (χ1n) is 8.59. The molecule has 7 heteroatoms. The zero-order chi connectivity index (χ0) is 19.0. The summed E-state index contributed by atoms with van der Waals surface area (Å²) in [6.07, 6.45) is 0. The first-order valence-corrected chi connectivity index (χ1v) is 9.57. The number of aryl methyl sites for hydroxylation is 1. The fraction of sp³-hybridized carbons (Fsp3) is 0.200. The van der Waals surface area contributed by atoms with E-state index in [0.717, 1.165) is 11.1 Å². The number of fused-ring (bicyclic) bond motifs is 3. The van der Waals surface area contributed by atoms with Crippen molar-refractivity contribution in [3.63, 3.8) is 0 Å². The van der Waals surface area contributed by atoms with Crippen molar-refractivity contribution < 1.29 is 4.79 Å². The van der Waals surface area contributed by atoms with Gasteiger partial charge in [-0.05, 0) is 31.5 Å². The van der Waals surface area contributed by atoms with Crippen LogP contribution in [0.3, 0.4) is 0 Å². The predicted octanol–water partition coefficient (Wildman–Crippen LogP) is 3.08. The second kappa shape index (κ2) is 7.00. The van der Waals surface area contributed by atoms with Crippen molar-refractivity contribution in [1.82, 2.24) is 19.2 Å². The summed E-state index contributed by atoms with van der Waals surface area (Å²) in [6.45, 7) is 3.98. The van der Waals surface area contributed by atoms with Gasteiger partial charge < -0.3 is 0 Å². The Bertz CT molecular complexity index is 1210. The highest BCUT2D eigenvalue weighted by Gasteiger charge is 2.17. The van der Waals surface area contributed by atoms with E-state index in [1.807, 2.05) is 59.9 Å². The Kier molecular flexibility index (Phi) is 4.53. The number of hydrogen-bond acceptors (Lipinski definition) is 5. The SMILES string of the molecule is CC(=O)CSc1nnc2n(Cc3ccc(C)cc3)c(=O)c3ccccc3n12. The third-order valence-corrected chi connectivity index (χ3v) is 5.42. The molecule has 2 aromatic carbocycles. The maximum absolute atomic E-state index is 13.1. The minimum Gasteiger partial charge on any atom is -0.299 e. The Labute approximate surface area is 159 Å². The van der Waals surface area contributed by atoms with Gasteiger partial charge in [0.05, 0.1) is 23.2 Å². The number of aromatic nitrogens is 4. The van der Waals surface area contributed by atoms with Crippen LogP contribution in [0.15, 0.2) is 58.5 Å². The van der Waals surface area contributed by atoms with Crippen molar-refractivity contribution >= 4 is 34.2 Å². The molecule has 0 amide bonds. The number of rotatable bonds is 5. The Morgan fingerprint density at radius 2 is 1.81 bits per heavy atom. The van der Waals surface area contributed by atoms with E-state index < -0.39 is 0 Å². The highest BCUT2D eigenvalue weighted by atomic mass is 32.2. The number of hydrogen-bond donors (Lipinski definition) is 0. The summed E-state index contributed by atoms with van der Waals surface area (Å²) in [5, 5.41) is 9.71. The van der Waals surface area contributed by atoms with Crippen LogP contribution in [0.5, 0.6) is 0 Å². The largest absolute Gasteiger partial charge is 0.299 e.